The van der Waals surface area contributed by atoms with Gasteiger partial charge in [0.2, 0.25) is 0 Å². The summed E-state index contributed by atoms with van der Waals surface area (Å²) in [7, 11) is 0. The molecule has 0 bridgehead atoms. The van der Waals surface area contributed by atoms with E-state index in [4.69, 9.17) is 21.1 Å². The fraction of sp³-hybridized carbons (Fsp3) is 0.500. The highest BCUT2D eigenvalue weighted by Crippen LogP contribution is 2.32. The first-order valence-electron chi connectivity index (χ1n) is 7.81. The van der Waals surface area contributed by atoms with Crippen molar-refractivity contribution in [3.05, 3.63) is 33.3 Å². The number of ether oxygens (including phenoxy) is 2. The summed E-state index contributed by atoms with van der Waals surface area (Å²) in [5, 5.41) is 20.1. The topological polar surface area (TPSA) is 119 Å². The van der Waals surface area contributed by atoms with Gasteiger partial charge >= 0.3 is 12.1 Å². The Balaban J connectivity index is 2.13. The fourth-order valence-electron chi connectivity index (χ4n) is 2.52. The van der Waals surface area contributed by atoms with Gasteiger partial charge in [0.15, 0.2) is 0 Å². The molecule has 1 aromatic carbocycles. The number of rotatable bonds is 4. The lowest BCUT2D eigenvalue weighted by molar-refractivity contribution is -0.384. The molecule has 1 aromatic rings. The Bertz CT molecular complexity index is 732. The molecule has 2 atom stereocenters. The summed E-state index contributed by atoms with van der Waals surface area (Å²) in [6.07, 6.45) is -1.34. The van der Waals surface area contributed by atoms with Gasteiger partial charge in [-0.25, -0.2) is 9.59 Å². The zero-order valence-corrected chi connectivity index (χ0v) is 15.2. The third-order valence-electron chi connectivity index (χ3n) is 3.60. The number of nitro benzene ring substituents is 1. The molecule has 1 saturated heterocycles. The van der Waals surface area contributed by atoms with Crippen molar-refractivity contribution in [3.8, 4) is 5.75 Å². The molecule has 1 amide bonds. The molecule has 0 saturated carbocycles. The van der Waals surface area contributed by atoms with Crippen LogP contribution in [0.2, 0.25) is 5.02 Å². The van der Waals surface area contributed by atoms with Crippen LogP contribution in [-0.4, -0.2) is 51.3 Å². The zero-order valence-electron chi connectivity index (χ0n) is 14.5. The van der Waals surface area contributed by atoms with E-state index in [-0.39, 0.29) is 29.4 Å². The molecule has 1 heterocycles. The fourth-order valence-corrected chi connectivity index (χ4v) is 2.74. The summed E-state index contributed by atoms with van der Waals surface area (Å²) in [6.45, 7) is 5.04. The second kappa shape index (κ2) is 7.36. The third kappa shape index (κ3) is 4.75. The van der Waals surface area contributed by atoms with Gasteiger partial charge in [-0.3, -0.25) is 15.0 Å². The van der Waals surface area contributed by atoms with Crippen molar-refractivity contribution in [3.63, 3.8) is 0 Å². The lowest BCUT2D eigenvalue weighted by atomic mass is 10.2. The lowest BCUT2D eigenvalue weighted by Crippen LogP contribution is -2.43. The van der Waals surface area contributed by atoms with Crippen molar-refractivity contribution < 1.29 is 29.1 Å². The van der Waals surface area contributed by atoms with E-state index in [9.17, 15) is 24.8 Å². The highest BCUT2D eigenvalue weighted by atomic mass is 35.5. The van der Waals surface area contributed by atoms with Crippen molar-refractivity contribution in [1.82, 2.24) is 4.90 Å². The number of benzene rings is 1. The number of carbonyl (C=O) groups excluding carboxylic acids is 1. The molecule has 26 heavy (non-hydrogen) atoms. The number of aliphatic carboxylic acids is 1. The average Bonchev–Trinajstić information content (AvgIpc) is 2.92. The SMILES string of the molecule is CC(C)(C)OC(=O)N1CC(Oc2ccc([N+](=O)[O-])cc2Cl)CC1C(=O)O. The number of hydrogen-bond acceptors (Lipinski definition) is 6. The number of likely N-dealkylation sites (tertiary alicyclic amines) is 1. The minimum Gasteiger partial charge on any atom is -0.487 e. The molecule has 1 N–H and O–H groups in total. The average molecular weight is 387 g/mol. The number of amides is 1. The van der Waals surface area contributed by atoms with Gasteiger partial charge in [-0.15, -0.1) is 0 Å². The standard InChI is InChI=1S/C16H19ClN2O7/c1-16(2,3)26-15(22)18-8-10(7-12(18)14(20)21)25-13-5-4-9(19(23)24)6-11(13)17/h4-6,10,12H,7-8H2,1-3H3,(H,20,21). The van der Waals surface area contributed by atoms with Crippen LogP contribution >= 0.6 is 11.6 Å². The van der Waals surface area contributed by atoms with Gasteiger partial charge in [-0.1, -0.05) is 11.6 Å². The highest BCUT2D eigenvalue weighted by Gasteiger charge is 2.42. The normalized spacial score (nSPS) is 19.9. The Labute approximate surface area is 154 Å². The highest BCUT2D eigenvalue weighted by molar-refractivity contribution is 6.32. The van der Waals surface area contributed by atoms with Crippen LogP contribution in [0.5, 0.6) is 5.75 Å². The lowest BCUT2D eigenvalue weighted by Gasteiger charge is -2.26. The minimum atomic E-state index is -1.17. The molecule has 0 aromatic heterocycles. The monoisotopic (exact) mass is 386 g/mol. The number of halogens is 1. The van der Waals surface area contributed by atoms with Crippen LogP contribution < -0.4 is 4.74 Å². The maximum absolute atomic E-state index is 12.2. The predicted molar refractivity (Wildman–Crippen MR) is 91.5 cm³/mol. The molecule has 1 fully saturated rings. The van der Waals surface area contributed by atoms with Gasteiger partial charge < -0.3 is 14.6 Å². The largest absolute Gasteiger partial charge is 0.487 e. The van der Waals surface area contributed by atoms with Crippen molar-refractivity contribution in [2.45, 2.75) is 44.9 Å². The van der Waals surface area contributed by atoms with E-state index >= 15 is 0 Å². The van der Waals surface area contributed by atoms with E-state index in [1.165, 1.54) is 12.1 Å². The van der Waals surface area contributed by atoms with Crippen LogP contribution in [-0.2, 0) is 9.53 Å². The van der Waals surface area contributed by atoms with Crippen LogP contribution in [0.4, 0.5) is 10.5 Å². The number of nitro groups is 1. The summed E-state index contributed by atoms with van der Waals surface area (Å²) in [5.74, 6) is -0.991. The molecular weight excluding hydrogens is 368 g/mol. The predicted octanol–water partition coefficient (Wildman–Crippen LogP) is 3.09. The van der Waals surface area contributed by atoms with Gasteiger partial charge in [0.25, 0.3) is 5.69 Å². The summed E-state index contributed by atoms with van der Waals surface area (Å²) in [5.41, 5.74) is -0.951. The third-order valence-corrected chi connectivity index (χ3v) is 3.89. The van der Waals surface area contributed by atoms with Crippen LogP contribution in [0.3, 0.4) is 0 Å². The number of non-ortho nitro benzene ring substituents is 1. The summed E-state index contributed by atoms with van der Waals surface area (Å²) in [6, 6.07) is 2.63. The first-order chi connectivity index (χ1) is 12.0. The van der Waals surface area contributed by atoms with Gasteiger partial charge in [-0.2, -0.15) is 0 Å². The molecule has 2 rings (SSSR count). The smallest absolute Gasteiger partial charge is 0.411 e. The van der Waals surface area contributed by atoms with E-state index in [2.05, 4.69) is 0 Å². The van der Waals surface area contributed by atoms with Crippen molar-refractivity contribution >= 4 is 29.4 Å². The van der Waals surface area contributed by atoms with Crippen molar-refractivity contribution in [2.75, 3.05) is 6.54 Å². The van der Waals surface area contributed by atoms with Gasteiger partial charge in [0, 0.05) is 18.6 Å². The molecule has 0 spiro atoms. The quantitative estimate of drug-likeness (QED) is 0.623. The van der Waals surface area contributed by atoms with E-state index in [0.29, 0.717) is 0 Å². The van der Waals surface area contributed by atoms with E-state index < -0.39 is 34.7 Å². The summed E-state index contributed by atoms with van der Waals surface area (Å²) in [4.78, 5) is 35.0. The minimum absolute atomic E-state index is 0.000797. The van der Waals surface area contributed by atoms with E-state index in [1.807, 2.05) is 0 Å². The second-order valence-electron chi connectivity index (χ2n) is 6.83. The van der Waals surface area contributed by atoms with Crippen molar-refractivity contribution in [2.24, 2.45) is 0 Å². The van der Waals surface area contributed by atoms with Gasteiger partial charge in [0.05, 0.1) is 16.5 Å². The van der Waals surface area contributed by atoms with E-state index in [0.717, 1.165) is 11.0 Å². The van der Waals surface area contributed by atoms with Crippen LogP contribution in [0.25, 0.3) is 0 Å². The number of hydrogen-bond donors (Lipinski definition) is 1. The van der Waals surface area contributed by atoms with E-state index in [1.54, 1.807) is 20.8 Å². The number of carboxylic acid groups (broad SMARTS) is 1. The first kappa shape index (κ1) is 19.8. The molecular formula is C16H19ClN2O7. The number of carbonyl (C=O) groups is 2. The van der Waals surface area contributed by atoms with Crippen LogP contribution in [0, 0.1) is 10.1 Å². The Morgan fingerprint density at radius 1 is 1.38 bits per heavy atom. The molecule has 1 aliphatic rings. The maximum atomic E-state index is 12.2. The molecule has 0 aliphatic carbocycles. The van der Waals surface area contributed by atoms with Crippen LogP contribution in [0.1, 0.15) is 27.2 Å². The zero-order chi connectivity index (χ0) is 19.6. The molecule has 2 unspecified atom stereocenters. The first-order valence-corrected chi connectivity index (χ1v) is 8.19. The number of nitrogens with zero attached hydrogens (tertiary/aromatic N) is 2. The molecule has 10 heteroatoms. The Morgan fingerprint density at radius 3 is 2.54 bits per heavy atom. The Morgan fingerprint density at radius 2 is 2.04 bits per heavy atom. The Kier molecular flexibility index (Phi) is 5.60. The van der Waals surface area contributed by atoms with Gasteiger partial charge in [-0.05, 0) is 26.8 Å². The van der Waals surface area contributed by atoms with Crippen LogP contribution in [0.15, 0.2) is 18.2 Å². The molecule has 142 valence electrons. The van der Waals surface area contributed by atoms with Crippen molar-refractivity contribution in [1.29, 1.82) is 0 Å². The molecule has 0 radical (unpaired) electrons. The maximum Gasteiger partial charge on any atom is 0.411 e. The summed E-state index contributed by atoms with van der Waals surface area (Å²) >= 11 is 5.99. The molecule has 1 aliphatic heterocycles. The van der Waals surface area contributed by atoms with Gasteiger partial charge in [0.1, 0.15) is 23.5 Å². The molecule has 9 nitrogen and oxygen atoms in total. The number of carboxylic acids is 1. The Hall–Kier alpha value is -2.55. The second-order valence-corrected chi connectivity index (χ2v) is 7.24. The summed E-state index contributed by atoms with van der Waals surface area (Å²) < 4.78 is 10.9.